The van der Waals surface area contributed by atoms with E-state index in [-0.39, 0.29) is 17.9 Å². The van der Waals surface area contributed by atoms with Gasteiger partial charge in [0.15, 0.2) is 10.6 Å². The van der Waals surface area contributed by atoms with Crippen molar-refractivity contribution < 1.29 is 4.79 Å². The minimum absolute atomic E-state index is 0.150. The van der Waals surface area contributed by atoms with Crippen molar-refractivity contribution in [2.45, 2.75) is 6.54 Å². The lowest BCUT2D eigenvalue weighted by Crippen LogP contribution is -2.27. The number of hydrogen-bond donors (Lipinski definition) is 0. The molecule has 0 aliphatic carbocycles. The van der Waals surface area contributed by atoms with Crippen LogP contribution in [0.1, 0.15) is 10.4 Å². The number of ketones is 1. The molecular formula is C25H17N3O2S. The minimum atomic E-state index is -0.308. The molecule has 0 N–H and O–H groups in total. The number of carbonyl (C=O) groups excluding carboxylic acids is 1. The van der Waals surface area contributed by atoms with Crippen LogP contribution in [0.3, 0.4) is 0 Å². The highest BCUT2D eigenvalue weighted by Crippen LogP contribution is 2.30. The van der Waals surface area contributed by atoms with Crippen LogP contribution in [-0.4, -0.2) is 20.8 Å². The van der Waals surface area contributed by atoms with Gasteiger partial charge in [0.05, 0.1) is 5.39 Å². The summed E-state index contributed by atoms with van der Waals surface area (Å²) in [4.78, 5) is 27.2. The molecule has 0 aliphatic heterocycles. The average Bonchev–Trinajstić information content (AvgIpc) is 3.27. The Morgan fingerprint density at radius 3 is 2.10 bits per heavy atom. The number of benzene rings is 3. The topological polar surface area (TPSA) is 64.8 Å². The highest BCUT2D eigenvalue weighted by Gasteiger charge is 2.14. The minimum Gasteiger partial charge on any atom is -0.292 e. The third-order valence-electron chi connectivity index (χ3n) is 5.09. The average molecular weight is 423 g/mol. The first-order valence-electron chi connectivity index (χ1n) is 9.80. The van der Waals surface area contributed by atoms with Gasteiger partial charge in [-0.1, -0.05) is 90.1 Å². The number of nitrogens with zero attached hydrogens (tertiary/aromatic N) is 3. The molecule has 0 fully saturated rings. The lowest BCUT2D eigenvalue weighted by atomic mass is 10.0. The molecule has 0 atom stereocenters. The second-order valence-corrected chi connectivity index (χ2v) is 8.14. The van der Waals surface area contributed by atoms with Gasteiger partial charge in [0.1, 0.15) is 6.54 Å². The molecule has 2 heterocycles. The Morgan fingerprint density at radius 2 is 1.42 bits per heavy atom. The van der Waals surface area contributed by atoms with E-state index < -0.39 is 0 Å². The van der Waals surface area contributed by atoms with Crippen molar-refractivity contribution in [3.63, 3.8) is 0 Å². The number of hydrogen-bond acceptors (Lipinski definition) is 5. The van der Waals surface area contributed by atoms with Crippen molar-refractivity contribution in [3.05, 3.63) is 107 Å². The van der Waals surface area contributed by atoms with Gasteiger partial charge in [0, 0.05) is 10.4 Å². The fourth-order valence-electron chi connectivity index (χ4n) is 3.44. The van der Waals surface area contributed by atoms with Crippen molar-refractivity contribution in [1.29, 1.82) is 0 Å². The number of carbonyl (C=O) groups is 1. The van der Waals surface area contributed by atoms with Gasteiger partial charge in [0.2, 0.25) is 0 Å². The Balaban J connectivity index is 1.40. The summed E-state index contributed by atoms with van der Waals surface area (Å²) in [6.07, 6.45) is 0. The van der Waals surface area contributed by atoms with Gasteiger partial charge in [0.25, 0.3) is 5.56 Å². The van der Waals surface area contributed by atoms with Crippen molar-refractivity contribution in [2.75, 3.05) is 0 Å². The molecule has 5 aromatic rings. The van der Waals surface area contributed by atoms with Crippen molar-refractivity contribution in [1.82, 2.24) is 15.0 Å². The SMILES string of the molecule is O=C(Cn1nnc2sc(-c3ccccc3)cc2c1=O)c1ccc(-c2ccccc2)cc1. The van der Waals surface area contributed by atoms with Crippen LogP contribution < -0.4 is 5.56 Å². The van der Waals surface area contributed by atoms with Gasteiger partial charge < -0.3 is 0 Å². The quantitative estimate of drug-likeness (QED) is 0.370. The van der Waals surface area contributed by atoms with E-state index >= 15 is 0 Å². The van der Waals surface area contributed by atoms with E-state index in [0.717, 1.165) is 26.2 Å². The predicted octanol–water partition coefficient (Wildman–Crippen LogP) is 5.07. The lowest BCUT2D eigenvalue weighted by Gasteiger charge is -2.05. The van der Waals surface area contributed by atoms with Gasteiger partial charge in [-0.15, -0.1) is 16.4 Å². The molecule has 0 saturated heterocycles. The zero-order chi connectivity index (χ0) is 21.2. The molecule has 0 unspecified atom stereocenters. The Kier molecular flexibility index (Phi) is 4.98. The Hall–Kier alpha value is -3.90. The third kappa shape index (κ3) is 3.81. The molecule has 0 bridgehead atoms. The standard InChI is InChI=1S/C25H17N3O2S/c29-22(19-13-11-18(12-14-19)17-7-3-1-4-8-17)16-28-25(30)21-15-23(31-24(21)26-27-28)20-9-5-2-6-10-20/h1-15H,16H2. The second kappa shape index (κ2) is 8.08. The number of rotatable bonds is 5. The molecule has 0 aliphatic rings. The number of thiophene rings is 1. The van der Waals surface area contributed by atoms with E-state index in [1.807, 2.05) is 78.9 Å². The number of Topliss-reactive ketones (excluding diaryl/α,β-unsaturated/α-hetero) is 1. The van der Waals surface area contributed by atoms with Crippen LogP contribution in [0, 0.1) is 0 Å². The van der Waals surface area contributed by atoms with E-state index in [2.05, 4.69) is 10.3 Å². The van der Waals surface area contributed by atoms with Crippen molar-refractivity contribution in [3.8, 4) is 21.6 Å². The molecule has 2 aromatic heterocycles. The lowest BCUT2D eigenvalue weighted by molar-refractivity contribution is 0.0964. The molecule has 0 radical (unpaired) electrons. The molecule has 6 heteroatoms. The summed E-state index contributed by atoms with van der Waals surface area (Å²) in [7, 11) is 0. The molecule has 0 saturated carbocycles. The van der Waals surface area contributed by atoms with Crippen LogP contribution in [0.25, 0.3) is 31.8 Å². The van der Waals surface area contributed by atoms with Crippen molar-refractivity contribution in [2.24, 2.45) is 0 Å². The first-order chi connectivity index (χ1) is 15.2. The molecule has 5 rings (SSSR count). The third-order valence-corrected chi connectivity index (χ3v) is 6.15. The van der Waals surface area contributed by atoms with E-state index in [0.29, 0.717) is 15.8 Å². The molecule has 0 spiro atoms. The second-order valence-electron chi connectivity index (χ2n) is 7.11. The van der Waals surface area contributed by atoms with Crippen LogP contribution in [0.2, 0.25) is 0 Å². The van der Waals surface area contributed by atoms with E-state index in [1.54, 1.807) is 12.1 Å². The maximum Gasteiger partial charge on any atom is 0.278 e. The summed E-state index contributed by atoms with van der Waals surface area (Å²) in [6, 6.07) is 29.0. The van der Waals surface area contributed by atoms with Crippen LogP contribution >= 0.6 is 11.3 Å². The molecule has 0 amide bonds. The maximum atomic E-state index is 12.9. The van der Waals surface area contributed by atoms with Gasteiger partial charge in [-0.25, -0.2) is 4.68 Å². The first-order valence-corrected chi connectivity index (χ1v) is 10.6. The number of aromatic nitrogens is 3. The van der Waals surface area contributed by atoms with E-state index in [4.69, 9.17) is 0 Å². The van der Waals surface area contributed by atoms with Crippen LogP contribution in [-0.2, 0) is 6.54 Å². The Morgan fingerprint density at radius 1 is 0.806 bits per heavy atom. The summed E-state index contributed by atoms with van der Waals surface area (Å²) in [5.74, 6) is -0.186. The molecule has 5 nitrogen and oxygen atoms in total. The zero-order valence-electron chi connectivity index (χ0n) is 16.4. The normalized spacial score (nSPS) is 11.0. The highest BCUT2D eigenvalue weighted by atomic mass is 32.1. The smallest absolute Gasteiger partial charge is 0.278 e. The Bertz CT molecular complexity index is 1420. The van der Waals surface area contributed by atoms with Crippen LogP contribution in [0.5, 0.6) is 0 Å². The van der Waals surface area contributed by atoms with Crippen molar-refractivity contribution >= 4 is 27.3 Å². The van der Waals surface area contributed by atoms with E-state index in [1.165, 1.54) is 11.3 Å². The largest absolute Gasteiger partial charge is 0.292 e. The summed E-state index contributed by atoms with van der Waals surface area (Å²) in [5.41, 5.74) is 3.36. The molecular weight excluding hydrogens is 406 g/mol. The fraction of sp³-hybridized carbons (Fsp3) is 0.0400. The van der Waals surface area contributed by atoms with Crippen LogP contribution in [0.15, 0.2) is 95.8 Å². The highest BCUT2D eigenvalue weighted by molar-refractivity contribution is 7.21. The van der Waals surface area contributed by atoms with Crippen LogP contribution in [0.4, 0.5) is 0 Å². The molecule has 3 aromatic carbocycles. The molecule has 150 valence electrons. The predicted molar refractivity (Wildman–Crippen MR) is 123 cm³/mol. The zero-order valence-corrected chi connectivity index (χ0v) is 17.3. The monoisotopic (exact) mass is 423 g/mol. The Labute approximate surface area is 182 Å². The van der Waals surface area contributed by atoms with Gasteiger partial charge in [-0.2, -0.15) is 0 Å². The van der Waals surface area contributed by atoms with Gasteiger partial charge >= 0.3 is 0 Å². The summed E-state index contributed by atoms with van der Waals surface area (Å²) < 4.78 is 1.14. The first kappa shape index (κ1) is 19.1. The van der Waals surface area contributed by atoms with Gasteiger partial charge in [-0.05, 0) is 22.8 Å². The fourth-order valence-corrected chi connectivity index (χ4v) is 4.41. The summed E-state index contributed by atoms with van der Waals surface area (Å²) >= 11 is 1.42. The maximum absolute atomic E-state index is 12.9. The number of fused-ring (bicyclic) bond motifs is 1. The summed E-state index contributed by atoms with van der Waals surface area (Å²) in [6.45, 7) is -0.150. The van der Waals surface area contributed by atoms with Gasteiger partial charge in [-0.3, -0.25) is 9.59 Å². The van der Waals surface area contributed by atoms with E-state index in [9.17, 15) is 9.59 Å². The molecule has 31 heavy (non-hydrogen) atoms. The summed E-state index contributed by atoms with van der Waals surface area (Å²) in [5, 5.41) is 8.63.